The van der Waals surface area contributed by atoms with Crippen molar-refractivity contribution in [3.05, 3.63) is 35.7 Å². The molecule has 1 saturated heterocycles. The molecular weight excluding hydrogens is 454 g/mol. The molecule has 0 radical (unpaired) electrons. The average molecular weight is 502 g/mol. The molecule has 0 atom stereocenters. The van der Waals surface area contributed by atoms with Gasteiger partial charge in [0.15, 0.2) is 5.82 Å². The van der Waals surface area contributed by atoms with Crippen LogP contribution in [0.4, 0.5) is 17.2 Å². The summed E-state index contributed by atoms with van der Waals surface area (Å²) in [5.74, 6) is 1.87. The van der Waals surface area contributed by atoms with E-state index in [4.69, 9.17) is 15.2 Å². The van der Waals surface area contributed by atoms with Crippen LogP contribution < -0.4 is 20.8 Å². The second-order valence-electron chi connectivity index (χ2n) is 7.77. The molecule has 2 aromatic rings. The highest BCUT2D eigenvalue weighted by Gasteiger charge is 2.13. The first-order chi connectivity index (χ1) is 17.6. The van der Waals surface area contributed by atoms with E-state index >= 15 is 0 Å². The number of anilines is 3. The molecule has 1 aliphatic heterocycles. The molecule has 0 unspecified atom stereocenters. The van der Waals surface area contributed by atoms with E-state index in [1.807, 2.05) is 58.9 Å². The van der Waals surface area contributed by atoms with E-state index in [9.17, 15) is 0 Å². The van der Waals surface area contributed by atoms with Gasteiger partial charge in [0, 0.05) is 38.8 Å². The maximum atomic E-state index is 6.02. The van der Waals surface area contributed by atoms with Crippen molar-refractivity contribution in [3.8, 4) is 5.88 Å². The summed E-state index contributed by atoms with van der Waals surface area (Å²) in [7, 11) is 0. The van der Waals surface area contributed by atoms with Gasteiger partial charge in [0.25, 0.3) is 0 Å². The van der Waals surface area contributed by atoms with Crippen molar-refractivity contribution in [2.24, 2.45) is 5.10 Å². The Balaban J connectivity index is 0.00000154. The summed E-state index contributed by atoms with van der Waals surface area (Å²) >= 11 is 0. The van der Waals surface area contributed by atoms with E-state index in [2.05, 4.69) is 44.1 Å². The molecule has 0 amide bonds. The third kappa shape index (κ3) is 10.8. The van der Waals surface area contributed by atoms with Gasteiger partial charge in [-0.05, 0) is 38.0 Å². The zero-order valence-electron chi connectivity index (χ0n) is 23.4. The average Bonchev–Trinajstić information content (AvgIpc) is 2.92. The zero-order chi connectivity index (χ0) is 26.8. The van der Waals surface area contributed by atoms with Gasteiger partial charge in [0.2, 0.25) is 5.88 Å². The van der Waals surface area contributed by atoms with Gasteiger partial charge in [-0.3, -0.25) is 10.3 Å². The van der Waals surface area contributed by atoms with E-state index in [1.54, 1.807) is 6.21 Å². The van der Waals surface area contributed by atoms with Crippen molar-refractivity contribution < 1.29 is 9.47 Å². The van der Waals surface area contributed by atoms with E-state index < -0.39 is 0 Å². The standard InChI is InChI=1S/C23H35N7O2.2C2H6/c1-4-8-30(5-2)22-16-23(32-14-11-29-9-12-31-13-10-29)27-21(26-22)17-25-28-20-15-18(3)6-7-19(20)24;2*1-2/h6-7,15-17,28H,4-5,8-14,24H2,1-3H3;2*1-2H3/b25-17+;;. The molecule has 1 aromatic heterocycles. The van der Waals surface area contributed by atoms with Crippen LogP contribution in [0.5, 0.6) is 5.88 Å². The molecule has 1 aromatic carbocycles. The molecule has 0 aliphatic carbocycles. The summed E-state index contributed by atoms with van der Waals surface area (Å²) in [6.07, 6.45) is 2.63. The quantitative estimate of drug-likeness (QED) is 0.257. The number of nitrogen functional groups attached to an aromatic ring is 1. The Labute approximate surface area is 218 Å². The molecule has 3 N–H and O–H groups in total. The third-order valence-corrected chi connectivity index (χ3v) is 5.24. The minimum Gasteiger partial charge on any atom is -0.476 e. The van der Waals surface area contributed by atoms with Crippen LogP contribution in [0.1, 0.15) is 59.4 Å². The van der Waals surface area contributed by atoms with Crippen LogP contribution in [0.15, 0.2) is 29.4 Å². The predicted octanol–water partition coefficient (Wildman–Crippen LogP) is 4.81. The van der Waals surface area contributed by atoms with E-state index in [1.165, 1.54) is 0 Å². The van der Waals surface area contributed by atoms with Crippen molar-refractivity contribution >= 4 is 23.4 Å². The lowest BCUT2D eigenvalue weighted by Gasteiger charge is -2.26. The molecule has 1 aliphatic rings. The number of benzene rings is 1. The van der Waals surface area contributed by atoms with Crippen LogP contribution in [-0.4, -0.2) is 73.6 Å². The Hall–Kier alpha value is -2.91. The van der Waals surface area contributed by atoms with Crippen molar-refractivity contribution in [1.82, 2.24) is 14.9 Å². The number of hydrogen-bond acceptors (Lipinski definition) is 9. The van der Waals surface area contributed by atoms with Crippen LogP contribution in [0.25, 0.3) is 0 Å². The summed E-state index contributed by atoms with van der Waals surface area (Å²) in [6, 6.07) is 7.67. The smallest absolute Gasteiger partial charge is 0.219 e. The zero-order valence-corrected chi connectivity index (χ0v) is 23.4. The van der Waals surface area contributed by atoms with Crippen molar-refractivity contribution in [1.29, 1.82) is 0 Å². The molecule has 2 heterocycles. The van der Waals surface area contributed by atoms with Gasteiger partial charge >= 0.3 is 0 Å². The van der Waals surface area contributed by atoms with Gasteiger partial charge in [-0.1, -0.05) is 40.7 Å². The summed E-state index contributed by atoms with van der Waals surface area (Å²) in [5.41, 5.74) is 11.5. The van der Waals surface area contributed by atoms with Gasteiger partial charge in [-0.25, -0.2) is 4.98 Å². The number of rotatable bonds is 11. The number of nitrogens with zero attached hydrogens (tertiary/aromatic N) is 5. The van der Waals surface area contributed by atoms with Crippen LogP contribution in [-0.2, 0) is 4.74 Å². The number of hydrazone groups is 1. The molecule has 9 nitrogen and oxygen atoms in total. The lowest BCUT2D eigenvalue weighted by Crippen LogP contribution is -2.38. The molecule has 36 heavy (non-hydrogen) atoms. The lowest BCUT2D eigenvalue weighted by molar-refractivity contribution is 0.0320. The molecule has 0 bridgehead atoms. The summed E-state index contributed by atoms with van der Waals surface area (Å²) in [4.78, 5) is 13.8. The summed E-state index contributed by atoms with van der Waals surface area (Å²) < 4.78 is 11.4. The van der Waals surface area contributed by atoms with Crippen LogP contribution in [0, 0.1) is 6.92 Å². The van der Waals surface area contributed by atoms with Gasteiger partial charge in [0.1, 0.15) is 12.4 Å². The topological polar surface area (TPSA) is 101 Å². The van der Waals surface area contributed by atoms with Gasteiger partial charge in [-0.2, -0.15) is 10.1 Å². The highest BCUT2D eigenvalue weighted by Crippen LogP contribution is 2.20. The van der Waals surface area contributed by atoms with Crippen LogP contribution in [0.2, 0.25) is 0 Å². The second kappa shape index (κ2) is 18.4. The first-order valence-electron chi connectivity index (χ1n) is 13.3. The number of hydrogen-bond donors (Lipinski definition) is 2. The molecular formula is C27H47N7O2. The molecule has 0 spiro atoms. The Morgan fingerprint density at radius 1 is 1.14 bits per heavy atom. The first kappa shape index (κ1) is 31.1. The maximum Gasteiger partial charge on any atom is 0.219 e. The second-order valence-corrected chi connectivity index (χ2v) is 7.77. The maximum absolute atomic E-state index is 6.02. The largest absolute Gasteiger partial charge is 0.476 e. The van der Waals surface area contributed by atoms with Crippen LogP contribution >= 0.6 is 0 Å². The molecule has 3 rings (SSSR count). The highest BCUT2D eigenvalue weighted by molar-refractivity contribution is 5.77. The third-order valence-electron chi connectivity index (χ3n) is 5.24. The van der Waals surface area contributed by atoms with E-state index in [0.29, 0.717) is 24.0 Å². The monoisotopic (exact) mass is 501 g/mol. The minimum absolute atomic E-state index is 0.483. The normalized spacial score (nSPS) is 13.3. The predicted molar refractivity (Wildman–Crippen MR) is 152 cm³/mol. The van der Waals surface area contributed by atoms with E-state index in [0.717, 1.165) is 69.4 Å². The lowest BCUT2D eigenvalue weighted by atomic mass is 10.2. The minimum atomic E-state index is 0.483. The van der Waals surface area contributed by atoms with Gasteiger partial charge in [-0.15, -0.1) is 0 Å². The number of ether oxygens (including phenoxy) is 2. The molecule has 9 heteroatoms. The van der Waals surface area contributed by atoms with Crippen molar-refractivity contribution in [3.63, 3.8) is 0 Å². The van der Waals surface area contributed by atoms with Gasteiger partial charge in [0.05, 0.1) is 30.8 Å². The highest BCUT2D eigenvalue weighted by atomic mass is 16.5. The summed E-state index contributed by atoms with van der Waals surface area (Å²) in [6.45, 7) is 20.9. The van der Waals surface area contributed by atoms with Gasteiger partial charge < -0.3 is 20.1 Å². The van der Waals surface area contributed by atoms with Crippen molar-refractivity contribution in [2.45, 2.75) is 54.9 Å². The number of aromatic nitrogens is 2. The fraction of sp³-hybridized carbons (Fsp3) is 0.593. The number of nitrogens with one attached hydrogen (secondary N) is 1. The number of morpholine rings is 1. The van der Waals surface area contributed by atoms with Crippen LogP contribution in [0.3, 0.4) is 0 Å². The molecule has 202 valence electrons. The fourth-order valence-corrected chi connectivity index (χ4v) is 3.46. The Kier molecular flexibility index (Phi) is 15.9. The first-order valence-corrected chi connectivity index (χ1v) is 13.3. The fourth-order valence-electron chi connectivity index (χ4n) is 3.46. The SMILES string of the molecule is CC.CC.CCCN(CC)c1cc(OCCN2CCOCC2)nc(/C=N/Nc2cc(C)ccc2N)n1. The Morgan fingerprint density at radius 3 is 2.53 bits per heavy atom. The number of nitrogens with two attached hydrogens (primary N) is 1. The van der Waals surface area contributed by atoms with Crippen molar-refractivity contribution in [2.75, 3.05) is 68.6 Å². The molecule has 0 saturated carbocycles. The summed E-state index contributed by atoms with van der Waals surface area (Å²) in [5, 5.41) is 4.30. The Bertz CT molecular complexity index is 886. The Morgan fingerprint density at radius 2 is 1.86 bits per heavy atom. The number of aryl methyl sites for hydroxylation is 1. The van der Waals surface area contributed by atoms with E-state index in [-0.39, 0.29) is 0 Å². The molecule has 1 fully saturated rings.